The zero-order valence-electron chi connectivity index (χ0n) is 15.4. The molecule has 0 unspecified atom stereocenters. The minimum absolute atomic E-state index is 0.680. The molecule has 0 aliphatic carbocycles. The van der Waals surface area contributed by atoms with Gasteiger partial charge in [-0.15, -0.1) is 11.7 Å². The van der Waals surface area contributed by atoms with E-state index in [9.17, 15) is 0 Å². The number of benzene rings is 1. The van der Waals surface area contributed by atoms with Crippen molar-refractivity contribution in [2.45, 2.75) is 32.5 Å². The SMILES string of the molecule is C=CCNc1nn(CN(C)Cc2ccccc2N2CCCCC2)c(=S)s1. The third-order valence-corrected chi connectivity index (χ3v) is 5.77. The van der Waals surface area contributed by atoms with Crippen LogP contribution in [0.2, 0.25) is 0 Å². The molecule has 2 heterocycles. The van der Waals surface area contributed by atoms with Gasteiger partial charge in [0.2, 0.25) is 5.13 Å². The van der Waals surface area contributed by atoms with Crippen molar-refractivity contribution >= 4 is 34.4 Å². The van der Waals surface area contributed by atoms with E-state index in [0.717, 1.165) is 28.7 Å². The summed E-state index contributed by atoms with van der Waals surface area (Å²) >= 11 is 6.95. The molecule has 0 radical (unpaired) electrons. The molecule has 3 rings (SSSR count). The number of hydrogen-bond acceptors (Lipinski definition) is 6. The van der Waals surface area contributed by atoms with E-state index >= 15 is 0 Å². The fraction of sp³-hybridized carbons (Fsp3) is 0.474. The van der Waals surface area contributed by atoms with Crippen molar-refractivity contribution in [2.24, 2.45) is 0 Å². The topological polar surface area (TPSA) is 36.3 Å². The molecule has 0 spiro atoms. The van der Waals surface area contributed by atoms with Gasteiger partial charge in [-0.1, -0.05) is 35.6 Å². The summed E-state index contributed by atoms with van der Waals surface area (Å²) in [5, 5.41) is 8.61. The second-order valence-corrected chi connectivity index (χ2v) is 8.30. The lowest BCUT2D eigenvalue weighted by molar-refractivity contribution is 0.245. The van der Waals surface area contributed by atoms with Gasteiger partial charge in [-0.05, 0) is 50.2 Å². The number of nitrogens with one attached hydrogen (secondary N) is 1. The van der Waals surface area contributed by atoms with Gasteiger partial charge >= 0.3 is 0 Å². The van der Waals surface area contributed by atoms with Crippen LogP contribution in [-0.2, 0) is 13.2 Å². The molecule has 5 nitrogen and oxygen atoms in total. The van der Waals surface area contributed by atoms with Crippen LogP contribution in [-0.4, -0.2) is 41.4 Å². The van der Waals surface area contributed by atoms with E-state index in [1.807, 2.05) is 10.8 Å². The number of nitrogens with zero attached hydrogens (tertiary/aromatic N) is 4. The van der Waals surface area contributed by atoms with Crippen molar-refractivity contribution in [1.82, 2.24) is 14.7 Å². The maximum Gasteiger partial charge on any atom is 0.204 e. The van der Waals surface area contributed by atoms with Gasteiger partial charge in [0, 0.05) is 31.9 Å². The van der Waals surface area contributed by atoms with Crippen LogP contribution in [0.3, 0.4) is 0 Å². The molecule has 0 saturated carbocycles. The zero-order chi connectivity index (χ0) is 18.4. The van der Waals surface area contributed by atoms with E-state index < -0.39 is 0 Å². The van der Waals surface area contributed by atoms with Gasteiger partial charge in [-0.25, -0.2) is 4.68 Å². The van der Waals surface area contributed by atoms with E-state index in [1.165, 1.54) is 41.9 Å². The maximum absolute atomic E-state index is 5.45. The van der Waals surface area contributed by atoms with Crippen LogP contribution < -0.4 is 10.2 Å². The highest BCUT2D eigenvalue weighted by Crippen LogP contribution is 2.25. The lowest BCUT2D eigenvalue weighted by Gasteiger charge is -2.31. The molecule has 1 N–H and O–H groups in total. The summed E-state index contributed by atoms with van der Waals surface area (Å²) in [4.78, 5) is 4.79. The predicted molar refractivity (Wildman–Crippen MR) is 114 cm³/mol. The molecule has 0 amide bonds. The Morgan fingerprint density at radius 3 is 2.85 bits per heavy atom. The Morgan fingerprint density at radius 2 is 2.08 bits per heavy atom. The molecular formula is C19H27N5S2. The van der Waals surface area contributed by atoms with Gasteiger partial charge in [0.05, 0.1) is 6.67 Å². The Kier molecular flexibility index (Phi) is 6.82. The number of para-hydroxylation sites is 1. The summed E-state index contributed by atoms with van der Waals surface area (Å²) in [6.45, 7) is 8.29. The highest BCUT2D eigenvalue weighted by atomic mass is 32.1. The maximum atomic E-state index is 5.45. The highest BCUT2D eigenvalue weighted by Gasteiger charge is 2.15. The van der Waals surface area contributed by atoms with Crippen molar-refractivity contribution in [1.29, 1.82) is 0 Å². The van der Waals surface area contributed by atoms with Crippen molar-refractivity contribution in [2.75, 3.05) is 36.9 Å². The number of aromatic nitrogens is 2. The number of anilines is 2. The Morgan fingerprint density at radius 1 is 1.31 bits per heavy atom. The molecule has 7 heteroatoms. The molecule has 0 bridgehead atoms. The first-order valence-electron chi connectivity index (χ1n) is 9.11. The van der Waals surface area contributed by atoms with Crippen LogP contribution in [0.4, 0.5) is 10.8 Å². The number of rotatable bonds is 8. The molecule has 2 aromatic rings. The van der Waals surface area contributed by atoms with E-state index in [2.05, 4.69) is 58.1 Å². The quantitative estimate of drug-likeness (QED) is 0.536. The first kappa shape index (κ1) is 19.1. The van der Waals surface area contributed by atoms with Crippen LogP contribution in [0.1, 0.15) is 24.8 Å². The molecular weight excluding hydrogens is 362 g/mol. The highest BCUT2D eigenvalue weighted by molar-refractivity contribution is 7.73. The van der Waals surface area contributed by atoms with Gasteiger partial charge in [0.25, 0.3) is 0 Å². The van der Waals surface area contributed by atoms with Crippen molar-refractivity contribution < 1.29 is 0 Å². The summed E-state index contributed by atoms with van der Waals surface area (Å²) in [6.07, 6.45) is 5.75. The first-order chi connectivity index (χ1) is 12.7. The third-order valence-electron chi connectivity index (χ3n) is 4.51. The summed E-state index contributed by atoms with van der Waals surface area (Å²) in [5.41, 5.74) is 2.73. The molecule has 26 heavy (non-hydrogen) atoms. The fourth-order valence-corrected chi connectivity index (χ4v) is 4.28. The minimum atomic E-state index is 0.680. The summed E-state index contributed by atoms with van der Waals surface area (Å²) in [6, 6.07) is 8.75. The Labute approximate surface area is 164 Å². The monoisotopic (exact) mass is 389 g/mol. The summed E-state index contributed by atoms with van der Waals surface area (Å²) in [7, 11) is 2.12. The largest absolute Gasteiger partial charge is 0.371 e. The molecule has 1 aromatic heterocycles. The normalized spacial score (nSPS) is 14.6. The molecule has 1 aliphatic rings. The molecule has 1 saturated heterocycles. The Hall–Kier alpha value is -1.70. The molecule has 1 aromatic carbocycles. The lowest BCUT2D eigenvalue weighted by atomic mass is 10.1. The van der Waals surface area contributed by atoms with Crippen molar-refractivity contribution in [3.05, 3.63) is 46.4 Å². The number of hydrogen-bond donors (Lipinski definition) is 1. The van der Waals surface area contributed by atoms with Gasteiger partial charge in [0.1, 0.15) is 0 Å². The summed E-state index contributed by atoms with van der Waals surface area (Å²) in [5.74, 6) is 0. The Balaban J connectivity index is 1.67. The van der Waals surface area contributed by atoms with Gasteiger partial charge in [-0.3, -0.25) is 4.90 Å². The van der Waals surface area contributed by atoms with E-state index in [0.29, 0.717) is 13.2 Å². The molecule has 140 valence electrons. The summed E-state index contributed by atoms with van der Waals surface area (Å²) < 4.78 is 2.67. The van der Waals surface area contributed by atoms with Gasteiger partial charge < -0.3 is 10.2 Å². The fourth-order valence-electron chi connectivity index (χ4n) is 3.28. The molecule has 1 fully saturated rings. The van der Waals surface area contributed by atoms with Crippen LogP contribution in [0, 0.1) is 3.95 Å². The van der Waals surface area contributed by atoms with E-state index in [4.69, 9.17) is 12.2 Å². The van der Waals surface area contributed by atoms with Gasteiger partial charge in [-0.2, -0.15) is 0 Å². The standard InChI is InChI=1S/C19H27N5S2/c1-3-11-20-18-21-24(19(25)26-18)15-22(2)14-16-9-5-6-10-17(16)23-12-7-4-8-13-23/h3,5-6,9-10H,1,4,7-8,11-15H2,2H3,(H,20,21). The van der Waals surface area contributed by atoms with Crippen LogP contribution in [0.5, 0.6) is 0 Å². The van der Waals surface area contributed by atoms with E-state index in [1.54, 1.807) is 0 Å². The average molecular weight is 390 g/mol. The first-order valence-corrected chi connectivity index (χ1v) is 10.3. The molecule has 1 aliphatic heterocycles. The third kappa shape index (κ3) is 4.93. The predicted octanol–water partition coefficient (Wildman–Crippen LogP) is 4.35. The zero-order valence-corrected chi connectivity index (χ0v) is 17.0. The lowest BCUT2D eigenvalue weighted by Crippen LogP contribution is -2.31. The smallest absolute Gasteiger partial charge is 0.204 e. The second kappa shape index (κ2) is 9.30. The van der Waals surface area contributed by atoms with Crippen LogP contribution in [0.25, 0.3) is 0 Å². The molecule has 0 atom stereocenters. The van der Waals surface area contributed by atoms with E-state index in [-0.39, 0.29) is 0 Å². The van der Waals surface area contributed by atoms with Crippen molar-refractivity contribution in [3.8, 4) is 0 Å². The van der Waals surface area contributed by atoms with Gasteiger partial charge in [0.15, 0.2) is 3.95 Å². The average Bonchev–Trinajstić information content (AvgIpc) is 3.00. The minimum Gasteiger partial charge on any atom is -0.371 e. The number of piperidine rings is 1. The van der Waals surface area contributed by atoms with Crippen LogP contribution in [0.15, 0.2) is 36.9 Å². The van der Waals surface area contributed by atoms with Crippen LogP contribution >= 0.6 is 23.6 Å². The Bertz CT molecular complexity index is 776. The second-order valence-electron chi connectivity index (χ2n) is 6.67. The van der Waals surface area contributed by atoms with Crippen molar-refractivity contribution in [3.63, 3.8) is 0 Å².